The Bertz CT molecular complexity index is 4800. The van der Waals surface area contributed by atoms with Crippen LogP contribution in [0, 0.1) is 0 Å². The monoisotopic (exact) mass is 981 g/mol. The highest BCUT2D eigenvalue weighted by molar-refractivity contribution is 7.24. The lowest BCUT2D eigenvalue weighted by Crippen LogP contribution is -2.77. The van der Waals surface area contributed by atoms with Crippen molar-refractivity contribution >= 4 is 134 Å². The Morgan fingerprint density at radius 3 is 1.59 bits per heavy atom. The molecule has 4 aromatic heterocycles. The highest BCUT2D eigenvalue weighted by Gasteiger charge is 2.57. The van der Waals surface area contributed by atoms with Gasteiger partial charge in [-0.15, -0.1) is 0 Å². The first-order valence-electron chi connectivity index (χ1n) is 27.6. The zero-order valence-corrected chi connectivity index (χ0v) is 46.3. The van der Waals surface area contributed by atoms with Gasteiger partial charge in [0.2, 0.25) is 0 Å². The molecule has 3 nitrogen and oxygen atoms in total. The summed E-state index contributed by atoms with van der Waals surface area (Å²) in [5, 5.41) is 17.0. The number of fused-ring (bicyclic) bond motifs is 21. The van der Waals surface area contributed by atoms with Crippen LogP contribution in [0.5, 0.6) is 0 Å². The molecule has 8 heterocycles. The van der Waals surface area contributed by atoms with Crippen molar-refractivity contribution in [3.8, 4) is 22.5 Å². The topological polar surface area (TPSA) is 14.3 Å². The van der Waals surface area contributed by atoms with Crippen molar-refractivity contribution in [2.24, 2.45) is 0 Å². The SMILES string of the molecule is CC(C)(C)c1ccc2c(c1)[Si]1(c3cc(C(C)(C)C)ccc3-2)c2ccc3c4c2-n2c5c(cc(C(C)(C)C)cc5c5cc(C(C)(C)C)cc1c52)B4c1cc2c(c4cccc5c6ccccc6n2c54)c2c4ccccc4n-3c12. The number of nitrogens with zero attached hydrogens (tertiary/aromatic N) is 3. The zero-order valence-electron chi connectivity index (χ0n) is 45.3. The molecule has 0 aliphatic carbocycles. The van der Waals surface area contributed by atoms with Crippen molar-refractivity contribution in [3.63, 3.8) is 0 Å². The summed E-state index contributed by atoms with van der Waals surface area (Å²) < 4.78 is 8.19. The highest BCUT2D eigenvalue weighted by Crippen LogP contribution is 2.49. The van der Waals surface area contributed by atoms with Crippen molar-refractivity contribution in [2.75, 3.05) is 0 Å². The Hall–Kier alpha value is -7.34. The van der Waals surface area contributed by atoms with Crippen LogP contribution in [0.4, 0.5) is 0 Å². The minimum absolute atomic E-state index is 0.0148. The van der Waals surface area contributed by atoms with Crippen LogP contribution >= 0.6 is 0 Å². The van der Waals surface area contributed by atoms with E-state index in [0.717, 1.165) is 0 Å². The van der Waals surface area contributed by atoms with Gasteiger partial charge in [0, 0.05) is 60.0 Å². The molecule has 4 aliphatic rings. The van der Waals surface area contributed by atoms with E-state index >= 15 is 0 Å². The fraction of sp³-hybridized carbons (Fsp3) is 0.229. The number of benzene rings is 9. The summed E-state index contributed by atoms with van der Waals surface area (Å²) in [6.45, 7) is 28.9. The summed E-state index contributed by atoms with van der Waals surface area (Å²) in [5.41, 5.74) is 24.7. The largest absolute Gasteiger partial charge is 0.310 e. The predicted molar refractivity (Wildman–Crippen MR) is 325 cm³/mol. The fourth-order valence-electron chi connectivity index (χ4n) is 15.6. The van der Waals surface area contributed by atoms with Gasteiger partial charge in [0.25, 0.3) is 6.71 Å². The molecule has 5 heteroatoms. The molecule has 0 radical (unpaired) electrons. The van der Waals surface area contributed by atoms with Crippen LogP contribution in [0.1, 0.15) is 105 Å². The predicted octanol–water partition coefficient (Wildman–Crippen LogP) is 13.0. The number of rotatable bonds is 0. The molecule has 0 fully saturated rings. The molecule has 17 rings (SSSR count). The van der Waals surface area contributed by atoms with Gasteiger partial charge in [-0.3, -0.25) is 0 Å². The van der Waals surface area contributed by atoms with E-state index in [4.69, 9.17) is 0 Å². The lowest BCUT2D eigenvalue weighted by molar-refractivity contribution is 0.590. The maximum atomic E-state index is 2.84. The van der Waals surface area contributed by atoms with E-state index in [2.05, 4.69) is 242 Å². The van der Waals surface area contributed by atoms with Gasteiger partial charge in [-0.2, -0.15) is 0 Å². The van der Waals surface area contributed by atoms with Crippen LogP contribution in [-0.4, -0.2) is 28.3 Å². The molecular weight excluding hydrogens is 922 g/mol. The maximum Gasteiger partial charge on any atom is 0.252 e. The van der Waals surface area contributed by atoms with E-state index in [1.54, 1.807) is 15.6 Å². The molecule has 0 amide bonds. The minimum atomic E-state index is -3.16. The molecule has 13 aromatic rings. The summed E-state index contributed by atoms with van der Waals surface area (Å²) >= 11 is 0. The number of para-hydroxylation sites is 3. The van der Waals surface area contributed by atoms with Gasteiger partial charge in [0.1, 0.15) is 0 Å². The van der Waals surface area contributed by atoms with Crippen LogP contribution < -0.4 is 37.1 Å². The summed E-state index contributed by atoms with van der Waals surface area (Å²) in [6.07, 6.45) is 0. The zero-order chi connectivity index (χ0) is 51.1. The Kier molecular flexibility index (Phi) is 7.45. The molecule has 362 valence electrons. The van der Waals surface area contributed by atoms with Gasteiger partial charge in [-0.05, 0) is 129 Å². The van der Waals surface area contributed by atoms with Crippen LogP contribution in [0.25, 0.3) is 104 Å². The highest BCUT2D eigenvalue weighted by atomic mass is 28.3. The van der Waals surface area contributed by atoms with E-state index in [-0.39, 0.29) is 28.4 Å². The average molecular weight is 982 g/mol. The summed E-state index contributed by atoms with van der Waals surface area (Å²) in [6, 6.07) is 59.3. The Balaban J connectivity index is 1.15. The second kappa shape index (κ2) is 13.0. The van der Waals surface area contributed by atoms with Gasteiger partial charge in [-0.1, -0.05) is 192 Å². The van der Waals surface area contributed by atoms with Crippen LogP contribution in [0.3, 0.4) is 0 Å². The third-order valence-electron chi connectivity index (χ3n) is 19.1. The van der Waals surface area contributed by atoms with E-state index in [1.807, 2.05) is 0 Å². The van der Waals surface area contributed by atoms with E-state index < -0.39 is 8.07 Å². The molecule has 0 saturated carbocycles. The Morgan fingerprint density at radius 2 is 0.920 bits per heavy atom. The first kappa shape index (κ1) is 43.0. The van der Waals surface area contributed by atoms with Gasteiger partial charge in [-0.25, -0.2) is 0 Å². The van der Waals surface area contributed by atoms with Gasteiger partial charge in [0.05, 0.1) is 33.1 Å². The second-order valence-corrected chi connectivity index (χ2v) is 31.0. The first-order valence-corrected chi connectivity index (χ1v) is 29.6. The lowest BCUT2D eigenvalue weighted by Gasteiger charge is -2.43. The van der Waals surface area contributed by atoms with Crippen molar-refractivity contribution in [1.82, 2.24) is 13.5 Å². The lowest BCUT2D eigenvalue weighted by atomic mass is 9.34. The maximum absolute atomic E-state index is 3.16. The quantitative estimate of drug-likeness (QED) is 0.135. The molecular formula is C70H60BN3Si. The molecule has 0 unspecified atom stereocenters. The summed E-state index contributed by atoms with van der Waals surface area (Å²) in [5.74, 6) is 0. The van der Waals surface area contributed by atoms with Crippen molar-refractivity contribution in [3.05, 3.63) is 168 Å². The molecule has 75 heavy (non-hydrogen) atoms. The van der Waals surface area contributed by atoms with Gasteiger partial charge in [0.15, 0.2) is 8.07 Å². The second-order valence-electron chi connectivity index (χ2n) is 27.3. The Morgan fingerprint density at radius 1 is 0.360 bits per heavy atom. The average Bonchev–Trinajstić information content (AvgIpc) is 4.38. The van der Waals surface area contributed by atoms with Gasteiger partial charge >= 0.3 is 0 Å². The summed E-state index contributed by atoms with van der Waals surface area (Å²) in [7, 11) is -3.16. The molecule has 1 spiro atoms. The third kappa shape index (κ3) is 4.85. The van der Waals surface area contributed by atoms with E-state index in [1.165, 1.54) is 148 Å². The summed E-state index contributed by atoms with van der Waals surface area (Å²) in [4.78, 5) is 0. The molecule has 0 atom stereocenters. The molecule has 0 bridgehead atoms. The fourth-order valence-corrected chi connectivity index (χ4v) is 21.2. The normalized spacial score (nSPS) is 15.3. The number of aromatic nitrogens is 3. The van der Waals surface area contributed by atoms with Crippen molar-refractivity contribution < 1.29 is 0 Å². The van der Waals surface area contributed by atoms with E-state index in [0.29, 0.717) is 0 Å². The van der Waals surface area contributed by atoms with E-state index in [9.17, 15) is 0 Å². The number of hydrogen-bond acceptors (Lipinski definition) is 0. The number of hydrogen-bond donors (Lipinski definition) is 0. The molecule has 0 saturated heterocycles. The standard InChI is InChI=1S/C70H60BN3Si/c1-67(2,3)37-24-26-42-43-27-25-38(68(4,5)6)34-57(43)75(56(42)33-37)55-29-28-53-61-66(55)74-63-47(48-31-40(70(10,11)12)35-58(75)64(48)74)30-39(69(7,8)9)32-49(63)71(61)50-36-54-59(60-45-19-14-16-23-52(45)72(53)65(50)60)46-21-17-20-44-41-18-13-15-22-51(41)73(54)62(44)46/h13-36H,1-12H3. The van der Waals surface area contributed by atoms with Crippen LogP contribution in [0.2, 0.25) is 0 Å². The van der Waals surface area contributed by atoms with Crippen LogP contribution in [0.15, 0.2) is 146 Å². The first-order chi connectivity index (χ1) is 35.8. The molecule has 0 N–H and O–H groups in total. The third-order valence-corrected chi connectivity index (χ3v) is 24.0. The molecule has 4 aliphatic heterocycles. The van der Waals surface area contributed by atoms with Gasteiger partial charge < -0.3 is 13.5 Å². The minimum Gasteiger partial charge on any atom is -0.310 e. The van der Waals surface area contributed by atoms with Crippen molar-refractivity contribution in [2.45, 2.75) is 105 Å². The van der Waals surface area contributed by atoms with Crippen molar-refractivity contribution in [1.29, 1.82) is 0 Å². The molecule has 9 aromatic carbocycles. The smallest absolute Gasteiger partial charge is 0.252 e. The Labute approximate surface area is 439 Å². The van der Waals surface area contributed by atoms with Crippen LogP contribution in [-0.2, 0) is 21.7 Å².